The lowest BCUT2D eigenvalue weighted by atomic mass is 9.90. The van der Waals surface area contributed by atoms with Crippen LogP contribution in [0.5, 0.6) is 0 Å². The topological polar surface area (TPSA) is 76.3 Å². The van der Waals surface area contributed by atoms with Gasteiger partial charge in [-0.1, -0.05) is 219 Å². The molecule has 3 aromatic heterocycles. The van der Waals surface area contributed by atoms with Gasteiger partial charge < -0.3 is 0 Å². The number of allylic oxidation sites excluding steroid dienone is 3. The first-order valence-corrected chi connectivity index (χ1v) is 25.2. The van der Waals surface area contributed by atoms with Gasteiger partial charge in [0.15, 0.2) is 11.7 Å². The minimum absolute atomic E-state index is 0.00756. The van der Waals surface area contributed by atoms with Gasteiger partial charge in [-0.2, -0.15) is 0 Å². The molecule has 2 aliphatic rings. The van der Waals surface area contributed by atoms with E-state index in [9.17, 15) is 0 Å². The van der Waals surface area contributed by atoms with Gasteiger partial charge in [0.2, 0.25) is 0 Å². The van der Waals surface area contributed by atoms with Gasteiger partial charge in [0.05, 0.1) is 34.2 Å². The van der Waals surface area contributed by atoms with Crippen molar-refractivity contribution in [1.29, 1.82) is 0 Å². The van der Waals surface area contributed by atoms with Crippen molar-refractivity contribution in [2.45, 2.75) is 19.3 Å². The van der Waals surface area contributed by atoms with Crippen molar-refractivity contribution in [2.75, 3.05) is 0 Å². The summed E-state index contributed by atoms with van der Waals surface area (Å²) in [7, 11) is 0. The third-order valence-corrected chi connectivity index (χ3v) is 13.8. The van der Waals surface area contributed by atoms with Gasteiger partial charge >= 0.3 is 0 Å². The fourth-order valence-electron chi connectivity index (χ4n) is 9.73. The summed E-state index contributed by atoms with van der Waals surface area (Å²) in [5.41, 5.74) is 19.5. The zero-order chi connectivity index (χ0) is 49.6. The van der Waals surface area contributed by atoms with Crippen LogP contribution >= 0.6 is 0 Å². The Balaban J connectivity index is 0.838. The molecule has 1 unspecified atom stereocenters. The molecule has 6 heteroatoms. The molecular weight excluding hydrogens is 901 g/mol. The van der Waals surface area contributed by atoms with E-state index in [1.807, 2.05) is 54.9 Å². The zero-order valence-corrected chi connectivity index (χ0v) is 40.9. The first-order chi connectivity index (χ1) is 36.5. The van der Waals surface area contributed by atoms with Crippen LogP contribution in [0.3, 0.4) is 0 Å². The number of nitrogens with zero attached hydrogens (tertiary/aromatic N) is 6. The Morgan fingerprint density at radius 1 is 0.392 bits per heavy atom. The van der Waals surface area contributed by atoms with Crippen molar-refractivity contribution in [3.05, 3.63) is 283 Å². The number of hydrogen-bond acceptors (Lipinski definition) is 6. The van der Waals surface area contributed by atoms with Crippen molar-refractivity contribution in [3.8, 4) is 78.7 Å². The van der Waals surface area contributed by atoms with Crippen molar-refractivity contribution < 1.29 is 0 Å². The minimum atomic E-state index is -0.00756. The van der Waals surface area contributed by atoms with Crippen LogP contribution in [0.2, 0.25) is 0 Å². The summed E-state index contributed by atoms with van der Waals surface area (Å²) >= 11 is 0. The van der Waals surface area contributed by atoms with Gasteiger partial charge in [-0.05, 0) is 81.8 Å². The average molecular weight is 951 g/mol. The molecule has 0 N–H and O–H groups in total. The van der Waals surface area contributed by atoms with Crippen molar-refractivity contribution in [3.63, 3.8) is 0 Å². The highest BCUT2D eigenvalue weighted by Crippen LogP contribution is 2.35. The molecule has 1 aliphatic carbocycles. The van der Waals surface area contributed by atoms with E-state index in [0.29, 0.717) is 17.6 Å². The highest BCUT2D eigenvalue weighted by atomic mass is 14.9. The Labute approximate surface area is 432 Å². The summed E-state index contributed by atoms with van der Waals surface area (Å²) in [6, 6.07) is 78.1. The summed E-state index contributed by atoms with van der Waals surface area (Å²) in [5, 5.41) is 0. The maximum absolute atomic E-state index is 5.37. The Bertz CT molecular complexity index is 3630. The van der Waals surface area contributed by atoms with Crippen LogP contribution in [0.25, 0.3) is 84.4 Å². The number of amidine groups is 1. The Morgan fingerprint density at radius 3 is 1.34 bits per heavy atom. The quantitative estimate of drug-likeness (QED) is 0.129. The molecule has 4 heterocycles. The molecule has 74 heavy (non-hydrogen) atoms. The Morgan fingerprint density at radius 2 is 0.838 bits per heavy atom. The first-order valence-electron chi connectivity index (χ1n) is 25.2. The second kappa shape index (κ2) is 20.7. The van der Waals surface area contributed by atoms with E-state index < -0.39 is 0 Å². The third kappa shape index (κ3) is 9.90. The van der Waals surface area contributed by atoms with Crippen LogP contribution in [0.15, 0.2) is 277 Å². The van der Waals surface area contributed by atoms with Gasteiger partial charge in [0, 0.05) is 57.6 Å². The maximum Gasteiger partial charge on any atom is 0.160 e. The van der Waals surface area contributed by atoms with Crippen molar-refractivity contribution in [1.82, 2.24) is 19.9 Å². The van der Waals surface area contributed by atoms with Crippen LogP contribution < -0.4 is 0 Å². The summed E-state index contributed by atoms with van der Waals surface area (Å²) in [4.78, 5) is 30.2. The van der Waals surface area contributed by atoms with E-state index in [-0.39, 0.29) is 5.92 Å². The van der Waals surface area contributed by atoms with Crippen LogP contribution in [-0.2, 0) is 0 Å². The molecule has 0 radical (unpaired) electrons. The first kappa shape index (κ1) is 45.6. The van der Waals surface area contributed by atoms with Gasteiger partial charge in [0.1, 0.15) is 0 Å². The number of hydrogen-bond donors (Lipinski definition) is 0. The monoisotopic (exact) mass is 950 g/mol. The molecule has 0 saturated carbocycles. The molecule has 10 aromatic rings. The van der Waals surface area contributed by atoms with Crippen molar-refractivity contribution in [2.24, 2.45) is 15.9 Å². The molecule has 12 rings (SSSR count). The molecule has 7 aromatic carbocycles. The lowest BCUT2D eigenvalue weighted by Crippen LogP contribution is -2.13. The molecule has 1 aliphatic heterocycles. The molecule has 0 saturated heterocycles. The second-order valence-corrected chi connectivity index (χ2v) is 18.7. The summed E-state index contributed by atoms with van der Waals surface area (Å²) in [6.45, 7) is 2.21. The van der Waals surface area contributed by atoms with E-state index in [2.05, 4.69) is 223 Å². The number of aliphatic imine (C=N–C) groups is 2. The van der Waals surface area contributed by atoms with Gasteiger partial charge in [-0.3, -0.25) is 9.97 Å². The van der Waals surface area contributed by atoms with Crippen LogP contribution in [-0.4, -0.2) is 31.5 Å². The fourth-order valence-corrected chi connectivity index (χ4v) is 9.73. The molecule has 0 fully saturated rings. The molecule has 352 valence electrons. The zero-order valence-electron chi connectivity index (χ0n) is 40.9. The van der Waals surface area contributed by atoms with Gasteiger partial charge in [0.25, 0.3) is 0 Å². The Kier molecular flexibility index (Phi) is 12.7. The molecule has 0 bridgehead atoms. The maximum atomic E-state index is 5.37. The van der Waals surface area contributed by atoms with Crippen LogP contribution in [0, 0.1) is 5.92 Å². The molecule has 2 atom stereocenters. The largest absolute Gasteiger partial charge is 0.256 e. The van der Waals surface area contributed by atoms with E-state index in [1.165, 1.54) is 11.1 Å². The highest BCUT2D eigenvalue weighted by Gasteiger charge is 2.22. The molecule has 0 amide bonds. The number of rotatable bonds is 11. The van der Waals surface area contributed by atoms with Crippen LogP contribution in [0.4, 0.5) is 0 Å². The van der Waals surface area contributed by atoms with Gasteiger partial charge in [-0.25, -0.2) is 20.0 Å². The van der Waals surface area contributed by atoms with Crippen molar-refractivity contribution >= 4 is 17.2 Å². The number of pyridine rings is 2. The standard InChI is InChI=1S/C68H50N6/c1-46-44-63(71-68(60-40-24-50(25-41-60)48-14-6-3-7-15-48)74-66(46)58-36-34-54(35-37-58)62-17-9-11-43-70-62)55-26-18-51(19-27-55)52-20-28-56(29-21-52)64-45-65(57-32-30-53(31-33-57)61-16-8-10-42-69-61)73-67(72-64)59-38-22-49(23-39-59)47-12-4-2-5-13-47/h2-24,26-46,50H,25H2,1H3/t46-,50?/m0/s1. The van der Waals surface area contributed by atoms with E-state index >= 15 is 0 Å². The van der Waals surface area contributed by atoms with Crippen LogP contribution in [0.1, 0.15) is 36.0 Å². The smallest absolute Gasteiger partial charge is 0.160 e. The number of benzene rings is 7. The molecular formula is C68H50N6. The summed E-state index contributed by atoms with van der Waals surface area (Å²) in [5.74, 6) is 1.69. The van der Waals surface area contributed by atoms with E-state index in [0.717, 1.165) is 102 Å². The summed E-state index contributed by atoms with van der Waals surface area (Å²) in [6.07, 6.45) is 13.6. The lowest BCUT2D eigenvalue weighted by molar-refractivity contribution is 0.850. The van der Waals surface area contributed by atoms with E-state index in [4.69, 9.17) is 20.0 Å². The normalized spacial score (nSPS) is 15.3. The summed E-state index contributed by atoms with van der Waals surface area (Å²) < 4.78 is 0. The predicted molar refractivity (Wildman–Crippen MR) is 304 cm³/mol. The van der Waals surface area contributed by atoms with E-state index in [1.54, 1.807) is 0 Å². The predicted octanol–water partition coefficient (Wildman–Crippen LogP) is 16.5. The fraction of sp³-hybridized carbons (Fsp3) is 0.0588. The average Bonchev–Trinajstić information content (AvgIpc) is 3.67. The molecule has 0 spiro atoms. The minimum Gasteiger partial charge on any atom is -0.256 e. The Hall–Kier alpha value is -9.52. The third-order valence-electron chi connectivity index (χ3n) is 13.8. The molecule has 6 nitrogen and oxygen atoms in total. The highest BCUT2D eigenvalue weighted by molar-refractivity contribution is 6.17. The SMILES string of the molecule is C[C@H]1C=C(c2ccc(-c3ccc(-c4cc(-c5ccc(-c6ccccn6)cc5)nc(-c5ccc(-c6ccccc6)cc5)n4)cc3)cc2)N=C(C2=CCC(c3ccccc3)C=C2)N=C1c1ccc(-c2ccccn2)cc1. The second-order valence-electron chi connectivity index (χ2n) is 18.7. The lowest BCUT2D eigenvalue weighted by Gasteiger charge is -2.17. The van der Waals surface area contributed by atoms with Gasteiger partial charge in [-0.15, -0.1) is 0 Å². The number of aromatic nitrogens is 4.